The Hall–Kier alpha value is -2.37. The standard InChI is InChI=1S/C21H21ClN4O4S2/c1-23-19(27)9-30-13-3-2-12-6-7-26(16(12)8-13)21-14-10-32(28,29)11-15(14)24-20(25-21)17-4-5-18(22)31-17/h2-5,8,28-29H,6-7,9-11H2,1H3,(H,23,27). The molecule has 11 heteroatoms. The summed E-state index contributed by atoms with van der Waals surface area (Å²) in [5.74, 6) is 1.84. The number of thiophene rings is 1. The van der Waals surface area contributed by atoms with Crippen LogP contribution in [0, 0.1) is 0 Å². The third kappa shape index (κ3) is 4.04. The van der Waals surface area contributed by atoms with Crippen LogP contribution in [-0.4, -0.2) is 45.2 Å². The lowest BCUT2D eigenvalue weighted by atomic mass is 10.1. The Morgan fingerprint density at radius 1 is 1.28 bits per heavy atom. The topological polar surface area (TPSA) is 108 Å². The Bertz CT molecular complexity index is 1220. The number of carbonyl (C=O) groups excluding carboxylic acids is 1. The number of ether oxygens (including phenoxy) is 1. The molecule has 1 aromatic carbocycles. The monoisotopic (exact) mass is 492 g/mol. The van der Waals surface area contributed by atoms with Gasteiger partial charge in [-0.1, -0.05) is 17.7 Å². The molecule has 0 spiro atoms. The number of aromatic nitrogens is 2. The Labute approximate surface area is 195 Å². The van der Waals surface area contributed by atoms with Gasteiger partial charge in [-0.15, -0.1) is 11.3 Å². The average Bonchev–Trinajstić information content (AvgIpc) is 3.46. The van der Waals surface area contributed by atoms with Gasteiger partial charge in [0, 0.05) is 30.9 Å². The molecule has 0 fully saturated rings. The Morgan fingerprint density at radius 2 is 2.12 bits per heavy atom. The Kier molecular flexibility index (Phi) is 5.50. The quantitative estimate of drug-likeness (QED) is 0.483. The number of fused-ring (bicyclic) bond motifs is 2. The van der Waals surface area contributed by atoms with Crippen LogP contribution in [0.3, 0.4) is 0 Å². The van der Waals surface area contributed by atoms with Crippen LogP contribution in [0.5, 0.6) is 5.75 Å². The van der Waals surface area contributed by atoms with Crippen LogP contribution >= 0.6 is 33.5 Å². The number of halogens is 1. The summed E-state index contributed by atoms with van der Waals surface area (Å²) in [7, 11) is -1.21. The SMILES string of the molecule is CNC(=O)COc1ccc2c(c1)N(c1nc(-c3ccc(Cl)s3)nc3c1CS(O)(O)C3)CC2. The molecule has 8 nitrogen and oxygen atoms in total. The van der Waals surface area contributed by atoms with Crippen LogP contribution < -0.4 is 15.0 Å². The number of nitrogens with one attached hydrogen (secondary N) is 1. The van der Waals surface area contributed by atoms with Gasteiger partial charge in [0.15, 0.2) is 12.4 Å². The summed E-state index contributed by atoms with van der Waals surface area (Å²) in [5.41, 5.74) is 3.49. The van der Waals surface area contributed by atoms with Crippen molar-refractivity contribution in [2.24, 2.45) is 0 Å². The van der Waals surface area contributed by atoms with E-state index >= 15 is 0 Å². The fourth-order valence-electron chi connectivity index (χ4n) is 3.94. The lowest BCUT2D eigenvalue weighted by Crippen LogP contribution is -2.24. The largest absolute Gasteiger partial charge is 0.484 e. The minimum Gasteiger partial charge on any atom is -0.484 e. The number of rotatable bonds is 5. The van der Waals surface area contributed by atoms with Gasteiger partial charge in [-0.2, -0.15) is 10.6 Å². The third-order valence-electron chi connectivity index (χ3n) is 5.46. The highest BCUT2D eigenvalue weighted by Gasteiger charge is 2.34. The number of anilines is 2. The first kappa shape index (κ1) is 21.5. The van der Waals surface area contributed by atoms with Crippen molar-refractivity contribution in [3.05, 3.63) is 51.5 Å². The zero-order valence-corrected chi connectivity index (χ0v) is 19.6. The first-order valence-corrected chi connectivity index (χ1v) is 13.0. The van der Waals surface area contributed by atoms with Crippen molar-refractivity contribution < 1.29 is 18.6 Å². The van der Waals surface area contributed by atoms with Crippen molar-refractivity contribution in [3.63, 3.8) is 0 Å². The molecule has 0 bridgehead atoms. The summed E-state index contributed by atoms with van der Waals surface area (Å²) in [6, 6.07) is 9.41. The van der Waals surface area contributed by atoms with Gasteiger partial charge in [0.1, 0.15) is 11.6 Å². The first-order valence-electron chi connectivity index (χ1n) is 9.96. The molecule has 168 valence electrons. The second-order valence-electron chi connectivity index (χ2n) is 7.64. The van der Waals surface area contributed by atoms with Gasteiger partial charge in [-0.05, 0) is 30.2 Å². The van der Waals surface area contributed by atoms with Gasteiger partial charge in [0.05, 0.1) is 26.4 Å². The number of likely N-dealkylation sites (N-methyl/N-ethyl adjacent to an activating group) is 1. The highest BCUT2D eigenvalue weighted by molar-refractivity contribution is 8.23. The van der Waals surface area contributed by atoms with Crippen LogP contribution in [0.1, 0.15) is 16.8 Å². The van der Waals surface area contributed by atoms with E-state index in [1.54, 1.807) is 13.1 Å². The number of nitrogens with zero attached hydrogens (tertiary/aromatic N) is 3. The van der Waals surface area contributed by atoms with Crippen LogP contribution in [0.15, 0.2) is 30.3 Å². The van der Waals surface area contributed by atoms with Crippen molar-refractivity contribution in [2.45, 2.75) is 17.9 Å². The molecule has 3 aromatic rings. The predicted octanol–water partition coefficient (Wildman–Crippen LogP) is 4.44. The molecule has 1 amide bonds. The minimum atomic E-state index is -2.78. The number of hydrogen-bond donors (Lipinski definition) is 3. The van der Waals surface area contributed by atoms with Crippen LogP contribution in [0.25, 0.3) is 10.7 Å². The zero-order valence-electron chi connectivity index (χ0n) is 17.2. The van der Waals surface area contributed by atoms with Crippen molar-refractivity contribution in [3.8, 4) is 16.5 Å². The molecule has 2 aliphatic heterocycles. The fraction of sp³-hybridized carbons (Fsp3) is 0.286. The molecule has 3 N–H and O–H groups in total. The molecule has 0 saturated carbocycles. The van der Waals surface area contributed by atoms with Gasteiger partial charge < -0.3 is 15.0 Å². The van der Waals surface area contributed by atoms with Gasteiger partial charge in [-0.25, -0.2) is 9.97 Å². The van der Waals surface area contributed by atoms with Crippen molar-refractivity contribution in [1.29, 1.82) is 0 Å². The van der Waals surface area contributed by atoms with E-state index in [2.05, 4.69) is 15.2 Å². The number of hydrogen-bond acceptors (Lipinski definition) is 8. The summed E-state index contributed by atoms with van der Waals surface area (Å²) in [5, 5.41) is 2.54. The second kappa shape index (κ2) is 8.20. The molecule has 2 aliphatic rings. The average molecular weight is 493 g/mol. The fourth-order valence-corrected chi connectivity index (χ4v) is 6.46. The van der Waals surface area contributed by atoms with Crippen LogP contribution in [-0.2, 0) is 22.7 Å². The van der Waals surface area contributed by atoms with E-state index in [1.807, 2.05) is 24.3 Å². The van der Waals surface area contributed by atoms with E-state index in [9.17, 15) is 13.9 Å². The highest BCUT2D eigenvalue weighted by atomic mass is 35.5. The van der Waals surface area contributed by atoms with E-state index < -0.39 is 10.6 Å². The van der Waals surface area contributed by atoms with Gasteiger partial charge in [0.2, 0.25) is 0 Å². The summed E-state index contributed by atoms with van der Waals surface area (Å²) in [4.78, 5) is 23.9. The van der Waals surface area contributed by atoms with Crippen molar-refractivity contribution in [1.82, 2.24) is 15.3 Å². The molecular weight excluding hydrogens is 472 g/mol. The zero-order chi connectivity index (χ0) is 22.5. The number of amides is 1. The third-order valence-corrected chi connectivity index (χ3v) is 8.18. The normalized spacial score (nSPS) is 17.1. The van der Waals surface area contributed by atoms with Crippen molar-refractivity contribution in [2.75, 3.05) is 25.1 Å². The minimum absolute atomic E-state index is 0.0671. The molecular formula is C21H21ClN4O4S2. The van der Waals surface area contributed by atoms with E-state index in [-0.39, 0.29) is 24.0 Å². The lowest BCUT2D eigenvalue weighted by molar-refractivity contribution is -0.122. The molecule has 0 radical (unpaired) electrons. The first-order chi connectivity index (χ1) is 15.3. The lowest BCUT2D eigenvalue weighted by Gasteiger charge is -2.25. The van der Waals surface area contributed by atoms with E-state index in [1.165, 1.54) is 11.3 Å². The molecule has 0 saturated heterocycles. The number of benzene rings is 1. The Balaban J connectivity index is 1.56. The maximum atomic E-state index is 11.6. The molecule has 4 heterocycles. The van der Waals surface area contributed by atoms with Crippen LogP contribution in [0.2, 0.25) is 4.34 Å². The summed E-state index contributed by atoms with van der Waals surface area (Å²) >= 11 is 7.50. The maximum absolute atomic E-state index is 11.6. The van der Waals surface area contributed by atoms with Crippen LogP contribution in [0.4, 0.5) is 11.5 Å². The Morgan fingerprint density at radius 3 is 2.88 bits per heavy atom. The predicted molar refractivity (Wildman–Crippen MR) is 127 cm³/mol. The highest BCUT2D eigenvalue weighted by Crippen LogP contribution is 2.55. The molecule has 0 aliphatic carbocycles. The summed E-state index contributed by atoms with van der Waals surface area (Å²) < 4.78 is 27.1. The summed E-state index contributed by atoms with van der Waals surface area (Å²) in [6.07, 6.45) is 0.820. The van der Waals surface area contributed by atoms with E-state index in [0.29, 0.717) is 34.0 Å². The second-order valence-corrected chi connectivity index (χ2v) is 11.5. The molecule has 5 rings (SSSR count). The number of carbonyl (C=O) groups is 1. The van der Waals surface area contributed by atoms with Gasteiger partial charge in [0.25, 0.3) is 5.91 Å². The summed E-state index contributed by atoms with van der Waals surface area (Å²) in [6.45, 7) is 0.629. The molecule has 0 atom stereocenters. The van der Waals surface area contributed by atoms with Gasteiger partial charge in [-0.3, -0.25) is 13.9 Å². The smallest absolute Gasteiger partial charge is 0.257 e. The molecule has 2 aromatic heterocycles. The molecule has 0 unspecified atom stereocenters. The van der Waals surface area contributed by atoms with E-state index in [0.717, 1.165) is 28.1 Å². The van der Waals surface area contributed by atoms with E-state index in [4.69, 9.17) is 21.3 Å². The maximum Gasteiger partial charge on any atom is 0.257 e. The molecule has 32 heavy (non-hydrogen) atoms. The van der Waals surface area contributed by atoms with Crippen molar-refractivity contribution >= 4 is 50.9 Å². The van der Waals surface area contributed by atoms with Gasteiger partial charge >= 0.3 is 0 Å².